The molecular weight excluding hydrogens is 462 g/mol. The molecule has 1 fully saturated rings. The molecule has 33 heavy (non-hydrogen) atoms. The van der Waals surface area contributed by atoms with Crippen molar-refractivity contribution in [2.75, 3.05) is 10.6 Å². The van der Waals surface area contributed by atoms with Gasteiger partial charge in [-0.2, -0.15) is 4.37 Å². The molecule has 4 rings (SSSR count). The number of hydrogen-bond acceptors (Lipinski definition) is 8. The lowest BCUT2D eigenvalue weighted by atomic mass is 10.1. The fourth-order valence-electron chi connectivity index (χ4n) is 3.94. The van der Waals surface area contributed by atoms with Crippen LogP contribution in [0.5, 0.6) is 5.75 Å². The van der Waals surface area contributed by atoms with E-state index >= 15 is 0 Å². The number of nitrogens with one attached hydrogen (secondary N) is 1. The second-order valence-corrected chi connectivity index (χ2v) is 9.49. The number of primary amides is 1. The molecule has 6 N–H and O–H groups in total. The van der Waals surface area contributed by atoms with Gasteiger partial charge in [-0.3, -0.25) is 19.3 Å². The number of carbonyl (C=O) groups excluding carboxylic acids is 3. The van der Waals surface area contributed by atoms with Crippen LogP contribution < -0.4 is 21.7 Å². The van der Waals surface area contributed by atoms with Gasteiger partial charge in [0.25, 0.3) is 11.8 Å². The topological polar surface area (TPSA) is 152 Å². The highest BCUT2D eigenvalue weighted by molar-refractivity contribution is 7.10. The van der Waals surface area contributed by atoms with E-state index in [0.717, 1.165) is 37.2 Å². The second kappa shape index (κ2) is 9.59. The molecule has 1 aliphatic carbocycles. The minimum absolute atomic E-state index is 0.0117. The number of anilines is 2. The van der Waals surface area contributed by atoms with E-state index in [2.05, 4.69) is 9.69 Å². The van der Waals surface area contributed by atoms with Crippen LogP contribution in [0.2, 0.25) is 0 Å². The largest absolute Gasteiger partial charge is 0.508 e. The zero-order valence-corrected chi connectivity index (χ0v) is 19.2. The van der Waals surface area contributed by atoms with Gasteiger partial charge in [0, 0.05) is 22.7 Å². The van der Waals surface area contributed by atoms with Gasteiger partial charge in [-0.15, -0.1) is 11.3 Å². The number of aromatic nitrogens is 1. The molecule has 2 aromatic heterocycles. The first kappa shape index (κ1) is 22.7. The highest BCUT2D eigenvalue weighted by Gasteiger charge is 2.37. The van der Waals surface area contributed by atoms with Gasteiger partial charge >= 0.3 is 0 Å². The van der Waals surface area contributed by atoms with Crippen LogP contribution in [0.1, 0.15) is 56.8 Å². The number of rotatable bonds is 7. The fraction of sp³-hybridized carbons (Fsp3) is 0.273. The van der Waals surface area contributed by atoms with Crippen molar-refractivity contribution in [1.29, 1.82) is 0 Å². The second-order valence-electron chi connectivity index (χ2n) is 7.74. The van der Waals surface area contributed by atoms with Crippen molar-refractivity contribution in [2.24, 2.45) is 5.73 Å². The predicted molar refractivity (Wildman–Crippen MR) is 127 cm³/mol. The fourth-order valence-corrected chi connectivity index (χ4v) is 5.49. The van der Waals surface area contributed by atoms with Crippen LogP contribution in [-0.2, 0) is 4.79 Å². The number of carbonyl (C=O) groups is 3. The van der Waals surface area contributed by atoms with Crippen molar-refractivity contribution < 1.29 is 19.5 Å². The molecule has 1 atom stereocenters. The summed E-state index contributed by atoms with van der Waals surface area (Å²) >= 11 is 2.08. The van der Waals surface area contributed by atoms with Crippen molar-refractivity contribution >= 4 is 52.0 Å². The SMILES string of the molecule is NC(=O)c1nsc(C(=O)N(c2cccc(O)c2)C(C(=O)NC2CCCC2)c2cccs2)c1N. The summed E-state index contributed by atoms with van der Waals surface area (Å²) in [6, 6.07) is 8.66. The maximum absolute atomic E-state index is 13.8. The average molecular weight is 486 g/mol. The van der Waals surface area contributed by atoms with Gasteiger partial charge in [0.2, 0.25) is 5.91 Å². The number of hydrogen-bond donors (Lipinski definition) is 4. The van der Waals surface area contributed by atoms with Crippen molar-refractivity contribution in [3.63, 3.8) is 0 Å². The summed E-state index contributed by atoms with van der Waals surface area (Å²) in [5.74, 6) is -1.87. The normalized spacial score (nSPS) is 14.7. The zero-order valence-electron chi connectivity index (χ0n) is 17.6. The molecule has 0 radical (unpaired) electrons. The van der Waals surface area contributed by atoms with E-state index in [4.69, 9.17) is 11.5 Å². The van der Waals surface area contributed by atoms with E-state index in [1.54, 1.807) is 24.3 Å². The molecule has 0 bridgehead atoms. The molecule has 2 heterocycles. The zero-order chi connectivity index (χ0) is 23.5. The summed E-state index contributed by atoms with van der Waals surface area (Å²) in [6.45, 7) is 0. The molecule has 11 heteroatoms. The Hall–Kier alpha value is -3.44. The van der Waals surface area contributed by atoms with Crippen LogP contribution in [0, 0.1) is 0 Å². The first-order chi connectivity index (χ1) is 15.9. The molecule has 1 saturated carbocycles. The molecule has 9 nitrogen and oxygen atoms in total. The Morgan fingerprint density at radius 3 is 2.55 bits per heavy atom. The first-order valence-electron chi connectivity index (χ1n) is 10.4. The van der Waals surface area contributed by atoms with E-state index in [-0.39, 0.29) is 34.0 Å². The highest BCUT2D eigenvalue weighted by atomic mass is 32.1. The molecular formula is C22H23N5O4S2. The number of phenols is 1. The van der Waals surface area contributed by atoms with Gasteiger partial charge in [-0.1, -0.05) is 25.0 Å². The summed E-state index contributed by atoms with van der Waals surface area (Å²) in [4.78, 5) is 40.9. The number of nitrogen functional groups attached to an aromatic ring is 1. The molecule has 3 aromatic rings. The van der Waals surface area contributed by atoms with E-state index in [1.165, 1.54) is 28.4 Å². The summed E-state index contributed by atoms with van der Waals surface area (Å²) in [5.41, 5.74) is 11.3. The summed E-state index contributed by atoms with van der Waals surface area (Å²) in [5, 5.41) is 15.0. The van der Waals surface area contributed by atoms with Crippen LogP contribution in [0.25, 0.3) is 0 Å². The van der Waals surface area contributed by atoms with Crippen molar-refractivity contribution in [1.82, 2.24) is 9.69 Å². The van der Waals surface area contributed by atoms with Gasteiger partial charge in [0.1, 0.15) is 10.6 Å². The van der Waals surface area contributed by atoms with Crippen LogP contribution in [0.3, 0.4) is 0 Å². The number of aromatic hydroxyl groups is 1. The molecule has 0 saturated heterocycles. The Labute approximate surface area is 198 Å². The third kappa shape index (κ3) is 4.69. The Morgan fingerprint density at radius 1 is 1.18 bits per heavy atom. The van der Waals surface area contributed by atoms with Crippen molar-refractivity contribution in [3.05, 3.63) is 57.2 Å². The van der Waals surface area contributed by atoms with Crippen LogP contribution in [0.15, 0.2) is 41.8 Å². The standard InChI is InChI=1S/C22H23N5O4S2/c23-16-17(20(24)29)26-33-19(16)22(31)27(13-7-3-8-14(28)11-13)18(15-9-4-10-32-15)21(30)25-12-5-1-2-6-12/h3-4,7-12,18,28H,1-2,5-6,23H2,(H2,24,29)(H,25,30). The van der Waals surface area contributed by atoms with E-state index in [1.807, 2.05) is 5.38 Å². The maximum Gasteiger partial charge on any atom is 0.273 e. The number of amides is 3. The Balaban J connectivity index is 1.81. The maximum atomic E-state index is 13.8. The first-order valence-corrected chi connectivity index (χ1v) is 12.0. The van der Waals surface area contributed by atoms with Crippen molar-refractivity contribution in [3.8, 4) is 5.75 Å². The van der Waals surface area contributed by atoms with E-state index < -0.39 is 17.9 Å². The highest BCUT2D eigenvalue weighted by Crippen LogP contribution is 2.36. The predicted octanol–water partition coefficient (Wildman–Crippen LogP) is 3.04. The number of nitrogens with zero attached hydrogens (tertiary/aromatic N) is 2. The minimum Gasteiger partial charge on any atom is -0.508 e. The van der Waals surface area contributed by atoms with E-state index in [0.29, 0.717) is 10.6 Å². The molecule has 0 spiro atoms. The lowest BCUT2D eigenvalue weighted by molar-refractivity contribution is -0.123. The lowest BCUT2D eigenvalue weighted by Crippen LogP contribution is -2.46. The molecule has 1 unspecified atom stereocenters. The third-order valence-corrected chi connectivity index (χ3v) is 7.28. The molecule has 3 amide bonds. The molecule has 1 aliphatic rings. The molecule has 0 aliphatic heterocycles. The van der Waals surface area contributed by atoms with Gasteiger partial charge in [-0.05, 0) is 48.0 Å². The van der Waals surface area contributed by atoms with Gasteiger partial charge in [0.05, 0.1) is 5.69 Å². The monoisotopic (exact) mass is 485 g/mol. The van der Waals surface area contributed by atoms with Gasteiger partial charge in [-0.25, -0.2) is 0 Å². The summed E-state index contributed by atoms with van der Waals surface area (Å²) < 4.78 is 3.93. The third-order valence-electron chi connectivity index (χ3n) is 5.50. The van der Waals surface area contributed by atoms with Crippen molar-refractivity contribution in [2.45, 2.75) is 37.8 Å². The van der Waals surface area contributed by atoms with Crippen LogP contribution >= 0.6 is 22.9 Å². The average Bonchev–Trinajstić information content (AvgIpc) is 3.53. The number of benzene rings is 1. The van der Waals surface area contributed by atoms with Crippen LogP contribution in [-0.4, -0.2) is 33.2 Å². The number of phenolic OH excluding ortho intramolecular Hbond substituents is 1. The summed E-state index contributed by atoms with van der Waals surface area (Å²) in [7, 11) is 0. The van der Waals surface area contributed by atoms with E-state index in [9.17, 15) is 19.5 Å². The molecule has 172 valence electrons. The smallest absolute Gasteiger partial charge is 0.273 e. The number of thiophene rings is 1. The van der Waals surface area contributed by atoms with Crippen LogP contribution in [0.4, 0.5) is 11.4 Å². The Morgan fingerprint density at radius 2 is 1.94 bits per heavy atom. The van der Waals surface area contributed by atoms with Gasteiger partial charge < -0.3 is 21.9 Å². The lowest BCUT2D eigenvalue weighted by Gasteiger charge is -2.31. The van der Waals surface area contributed by atoms with Gasteiger partial charge in [0.15, 0.2) is 11.7 Å². The Kier molecular flexibility index (Phi) is 6.61. The number of nitrogens with two attached hydrogens (primary N) is 2. The quantitative estimate of drug-likeness (QED) is 0.404. The minimum atomic E-state index is -1.02. The molecule has 1 aromatic carbocycles. The summed E-state index contributed by atoms with van der Waals surface area (Å²) in [6.07, 6.45) is 3.84. The Bertz CT molecular complexity index is 1170.